The number of fused-ring (bicyclic) bond motifs is 10. The molecule has 0 saturated carbocycles. The van der Waals surface area contributed by atoms with Crippen molar-refractivity contribution in [2.45, 2.75) is 176 Å². The van der Waals surface area contributed by atoms with Crippen molar-refractivity contribution >= 4 is 62.7 Å². The molecule has 12 rings (SSSR count). The van der Waals surface area contributed by atoms with Gasteiger partial charge >= 0.3 is 0 Å². The lowest BCUT2D eigenvalue weighted by Gasteiger charge is -2.48. The lowest BCUT2D eigenvalue weighted by molar-refractivity contribution is 0.271. The van der Waals surface area contributed by atoms with Crippen LogP contribution in [0.1, 0.15) is 175 Å². The Morgan fingerprint density at radius 1 is 0.662 bits per heavy atom. The summed E-state index contributed by atoms with van der Waals surface area (Å²) in [6.45, 7) is 36.5. The van der Waals surface area contributed by atoms with Crippen LogP contribution in [0, 0.1) is 24.2 Å². The second-order valence-corrected chi connectivity index (χ2v) is 27.1. The van der Waals surface area contributed by atoms with Crippen LogP contribution >= 0.6 is 0 Å². The minimum Gasteiger partial charge on any atom is -0.468 e. The summed E-state index contributed by atoms with van der Waals surface area (Å²) >= 11 is 0. The first-order valence-corrected chi connectivity index (χ1v) is 26.3. The highest BCUT2D eigenvalue weighted by Crippen LogP contribution is 2.58. The van der Waals surface area contributed by atoms with Gasteiger partial charge in [-0.05, 0) is 189 Å². The Morgan fingerprint density at radius 3 is 1.96 bits per heavy atom. The zero-order chi connectivity index (χ0) is 48.0. The van der Waals surface area contributed by atoms with Gasteiger partial charge in [0, 0.05) is 39.4 Å². The summed E-state index contributed by atoms with van der Waals surface area (Å²) in [6.07, 6.45) is 17.8. The number of rotatable bonds is 2. The summed E-state index contributed by atoms with van der Waals surface area (Å²) in [4.78, 5) is 5.44. The third-order valence-electron chi connectivity index (χ3n) is 18.6. The molecular weight excluding hydrogens is 824 g/mol. The number of hydrogen-bond donors (Lipinski definition) is 0. The summed E-state index contributed by atoms with van der Waals surface area (Å²) in [5, 5.41) is 1.22. The van der Waals surface area contributed by atoms with E-state index in [2.05, 4.69) is 199 Å². The van der Waals surface area contributed by atoms with E-state index in [0.717, 1.165) is 30.5 Å². The quantitative estimate of drug-likeness (QED) is 0.161. The molecule has 7 aliphatic rings. The van der Waals surface area contributed by atoms with Gasteiger partial charge < -0.3 is 14.2 Å². The molecule has 0 spiro atoms. The molecule has 1 aromatic heterocycles. The Kier molecular flexibility index (Phi) is 9.18. The lowest BCUT2D eigenvalue weighted by Crippen LogP contribution is -2.62. The van der Waals surface area contributed by atoms with E-state index in [-0.39, 0.29) is 39.2 Å². The highest BCUT2D eigenvalue weighted by Gasteiger charge is 2.51. The number of benzene rings is 4. The average molecular weight is 899 g/mol. The van der Waals surface area contributed by atoms with Gasteiger partial charge in [-0.15, -0.1) is 0 Å². The third kappa shape index (κ3) is 6.29. The third-order valence-corrected chi connectivity index (χ3v) is 18.6. The van der Waals surface area contributed by atoms with E-state index in [4.69, 9.17) is 4.42 Å². The predicted octanol–water partition coefficient (Wildman–Crippen LogP) is 15.6. The molecule has 0 radical (unpaired) electrons. The monoisotopic (exact) mass is 899 g/mol. The Hall–Kier alpha value is -4.96. The van der Waals surface area contributed by atoms with Gasteiger partial charge in [-0.25, -0.2) is 0 Å². The molecule has 0 amide bonds. The molecule has 68 heavy (non-hydrogen) atoms. The normalized spacial score (nSPS) is 23.5. The Bertz CT molecular complexity index is 3160. The van der Waals surface area contributed by atoms with Gasteiger partial charge in [0.15, 0.2) is 0 Å². The number of nitrogens with zero attached hydrogens (tertiary/aromatic N) is 2. The summed E-state index contributed by atoms with van der Waals surface area (Å²) < 4.78 is 7.58. The molecule has 2 aliphatic heterocycles. The minimum atomic E-state index is -0.0872. The molecule has 4 heteroatoms. The zero-order valence-electron chi connectivity index (χ0n) is 44.1. The fourth-order valence-electron chi connectivity index (χ4n) is 14.3. The largest absolute Gasteiger partial charge is 0.468 e. The summed E-state index contributed by atoms with van der Waals surface area (Å²) in [5.41, 5.74) is 26.3. The Morgan fingerprint density at radius 2 is 1.29 bits per heavy atom. The van der Waals surface area contributed by atoms with Crippen molar-refractivity contribution in [2.75, 3.05) is 9.80 Å². The fourth-order valence-corrected chi connectivity index (χ4v) is 14.3. The van der Waals surface area contributed by atoms with Gasteiger partial charge in [-0.2, -0.15) is 0 Å². The molecule has 0 fully saturated rings. The first-order chi connectivity index (χ1) is 31.9. The standard InChI is InChI=1S/C64H75BN2O/c1-37-30-52-56-53(31-37)67(50-24-23-44(60(5,6)7)42-32-38-18-16-17-19-41(38)55(42)50)57-43-33-39(59(2,3)4)20-25-54(43)68-58(57)65(56)49-35-47-48(64(14,15)29-28-63(47,12)13)36-51(49)66(52)40-21-22-45-46(34-40)62(10,11)27-26-61(45,8)9/h16-17,19-22,24-25,30-31,33-36,38,44H,18,23,26-29,32H2,1-15H3. The topological polar surface area (TPSA) is 19.6 Å². The van der Waals surface area contributed by atoms with Crippen molar-refractivity contribution in [3.63, 3.8) is 0 Å². The van der Waals surface area contributed by atoms with Crippen LogP contribution in [0.4, 0.5) is 28.4 Å². The first kappa shape index (κ1) is 44.3. The van der Waals surface area contributed by atoms with E-state index < -0.39 is 0 Å². The maximum absolute atomic E-state index is 7.58. The van der Waals surface area contributed by atoms with Gasteiger partial charge in [0.1, 0.15) is 5.58 Å². The number of aryl methyl sites for hydroxylation is 1. The molecule has 2 atom stereocenters. The number of anilines is 5. The van der Waals surface area contributed by atoms with Crippen LogP contribution in [0.25, 0.3) is 11.0 Å². The van der Waals surface area contributed by atoms with Crippen LogP contribution in [-0.4, -0.2) is 6.71 Å². The maximum Gasteiger partial charge on any atom is 0.297 e. The van der Waals surface area contributed by atoms with E-state index in [1.807, 2.05) is 0 Å². The van der Waals surface area contributed by atoms with Crippen molar-refractivity contribution in [3.8, 4) is 0 Å². The lowest BCUT2D eigenvalue weighted by atomic mass is 9.35. The van der Waals surface area contributed by atoms with Gasteiger partial charge in [-0.3, -0.25) is 0 Å². The number of hydrogen-bond acceptors (Lipinski definition) is 3. The molecule has 0 N–H and O–H groups in total. The molecule has 3 nitrogen and oxygen atoms in total. The first-order valence-electron chi connectivity index (χ1n) is 26.3. The van der Waals surface area contributed by atoms with E-state index in [1.165, 1.54) is 121 Å². The second kappa shape index (κ2) is 14.1. The second-order valence-electron chi connectivity index (χ2n) is 27.1. The molecule has 0 bridgehead atoms. The van der Waals surface area contributed by atoms with Crippen LogP contribution in [0.5, 0.6) is 0 Å². The van der Waals surface area contributed by atoms with Crippen LogP contribution in [0.2, 0.25) is 0 Å². The summed E-state index contributed by atoms with van der Waals surface area (Å²) in [6, 6.07) is 25.0. The van der Waals surface area contributed by atoms with Crippen molar-refractivity contribution in [2.24, 2.45) is 17.3 Å². The highest BCUT2D eigenvalue weighted by molar-refractivity contribution is 7.00. The SMILES string of the molecule is Cc1cc2c3c(c1)N(c1ccc4c(c1)C(C)(C)CCC4(C)C)c1cc4c(cc1B3c1oc3ccc(C(C)(C)C)cc3c1N2C1=CCC(C(C)(C)C)C2=C1C1=CC=CCC1C2)C(C)(C)CCC4(C)C. The number of allylic oxidation sites excluding steroid dienone is 6. The van der Waals surface area contributed by atoms with E-state index >= 15 is 0 Å². The van der Waals surface area contributed by atoms with Crippen molar-refractivity contribution in [3.05, 3.63) is 141 Å². The van der Waals surface area contributed by atoms with E-state index in [9.17, 15) is 0 Å². The summed E-state index contributed by atoms with van der Waals surface area (Å²) in [5.74, 6) is 1.01. The van der Waals surface area contributed by atoms with Gasteiger partial charge in [0.05, 0.1) is 11.3 Å². The smallest absolute Gasteiger partial charge is 0.297 e. The van der Waals surface area contributed by atoms with E-state index in [0.29, 0.717) is 11.8 Å². The average Bonchev–Trinajstić information content (AvgIpc) is 3.84. The molecule has 4 aromatic carbocycles. The van der Waals surface area contributed by atoms with Crippen molar-refractivity contribution < 1.29 is 4.42 Å². The molecule has 5 aromatic rings. The van der Waals surface area contributed by atoms with Crippen molar-refractivity contribution in [1.82, 2.24) is 0 Å². The Labute approximate surface area is 408 Å². The number of furan rings is 1. The molecular formula is C64H75BN2O. The minimum absolute atomic E-state index is 0.0226. The zero-order valence-corrected chi connectivity index (χ0v) is 44.1. The molecule has 2 unspecified atom stereocenters. The van der Waals surface area contributed by atoms with Crippen LogP contribution in [0.15, 0.2) is 112 Å². The van der Waals surface area contributed by atoms with Crippen molar-refractivity contribution in [1.29, 1.82) is 0 Å². The van der Waals surface area contributed by atoms with Gasteiger partial charge in [0.25, 0.3) is 6.71 Å². The summed E-state index contributed by atoms with van der Waals surface area (Å²) in [7, 11) is 0. The molecule has 3 heterocycles. The highest BCUT2D eigenvalue weighted by atomic mass is 16.3. The maximum atomic E-state index is 7.58. The van der Waals surface area contributed by atoms with Crippen LogP contribution in [0.3, 0.4) is 0 Å². The van der Waals surface area contributed by atoms with Gasteiger partial charge in [0.2, 0.25) is 0 Å². The van der Waals surface area contributed by atoms with Crippen LogP contribution < -0.4 is 26.4 Å². The predicted molar refractivity (Wildman–Crippen MR) is 291 cm³/mol. The molecule has 5 aliphatic carbocycles. The van der Waals surface area contributed by atoms with Gasteiger partial charge in [-0.1, -0.05) is 145 Å². The van der Waals surface area contributed by atoms with Crippen LogP contribution in [-0.2, 0) is 27.1 Å². The Balaban J connectivity index is 1.20. The van der Waals surface area contributed by atoms with E-state index in [1.54, 1.807) is 5.57 Å². The fraction of sp³-hybridized carbons (Fsp3) is 0.469. The molecule has 350 valence electrons. The molecule has 0 saturated heterocycles.